The molecule has 2 aliphatic carbocycles. The average Bonchev–Trinajstić information content (AvgIpc) is 2.69. The third-order valence-corrected chi connectivity index (χ3v) is 12.4. The highest BCUT2D eigenvalue weighted by atomic mass is 28.4. The highest BCUT2D eigenvalue weighted by molar-refractivity contribution is 6.74. The lowest BCUT2D eigenvalue weighted by atomic mass is 9.62. The van der Waals surface area contributed by atoms with Gasteiger partial charge in [-0.1, -0.05) is 70.2 Å². The van der Waals surface area contributed by atoms with Crippen molar-refractivity contribution in [3.63, 3.8) is 0 Å². The summed E-state index contributed by atoms with van der Waals surface area (Å²) in [5, 5.41) is 10.1. The van der Waals surface area contributed by atoms with Gasteiger partial charge in [-0.05, 0) is 66.1 Å². The number of hydrogen-bond acceptors (Lipinski definition) is 3. The Balaban J connectivity index is 1.77. The van der Waals surface area contributed by atoms with Gasteiger partial charge in [0.25, 0.3) is 0 Å². The van der Waals surface area contributed by atoms with Crippen LogP contribution in [0.3, 0.4) is 0 Å². The smallest absolute Gasteiger partial charge is 0.192 e. The lowest BCUT2D eigenvalue weighted by Gasteiger charge is -2.51. The van der Waals surface area contributed by atoms with E-state index >= 15 is 0 Å². The summed E-state index contributed by atoms with van der Waals surface area (Å²) in [7, 11) is -1.89. The molecule has 4 heteroatoms. The van der Waals surface area contributed by atoms with Crippen LogP contribution in [0.4, 0.5) is 0 Å². The first-order valence-electron chi connectivity index (χ1n) is 11.7. The van der Waals surface area contributed by atoms with Crippen molar-refractivity contribution in [2.75, 3.05) is 13.2 Å². The van der Waals surface area contributed by atoms with Crippen LogP contribution in [-0.2, 0) is 15.8 Å². The number of aliphatic hydroxyl groups is 1. The minimum atomic E-state index is -1.89. The standard InChI is InChI=1S/C26H42O3Si/c1-19-12-13-22-14-21(16-27)15-24(29-30(5,6)26(2,3)4)25(22)23(19)18-28-17-20-10-8-7-9-11-20/h7-13,19,21-25,27H,14-18H2,1-6H3/t19-,21-,22-,23-,24-,25-/m0/s1. The number of hydrogen-bond donors (Lipinski definition) is 1. The molecule has 6 atom stereocenters. The molecular weight excluding hydrogens is 388 g/mol. The normalized spacial score (nSPS) is 32.1. The maximum atomic E-state index is 9.95. The molecule has 0 radical (unpaired) electrons. The molecule has 0 aliphatic heterocycles. The highest BCUT2D eigenvalue weighted by Crippen LogP contribution is 2.48. The van der Waals surface area contributed by atoms with E-state index in [1.54, 1.807) is 0 Å². The molecule has 168 valence electrons. The third kappa shape index (κ3) is 5.45. The van der Waals surface area contributed by atoms with Gasteiger partial charge in [0, 0.05) is 12.7 Å². The molecule has 0 bridgehead atoms. The fraction of sp³-hybridized carbons (Fsp3) is 0.692. The molecular formula is C26H42O3Si. The van der Waals surface area contributed by atoms with Gasteiger partial charge in [0.05, 0.1) is 13.2 Å². The van der Waals surface area contributed by atoms with Gasteiger partial charge in [0.1, 0.15) is 0 Å². The van der Waals surface area contributed by atoms with Crippen molar-refractivity contribution in [2.24, 2.45) is 29.6 Å². The molecule has 1 saturated carbocycles. The first-order chi connectivity index (χ1) is 14.1. The van der Waals surface area contributed by atoms with Crippen molar-refractivity contribution < 1.29 is 14.3 Å². The van der Waals surface area contributed by atoms with Crippen molar-refractivity contribution >= 4 is 8.32 Å². The van der Waals surface area contributed by atoms with Gasteiger partial charge in [-0.2, -0.15) is 0 Å². The Bertz CT molecular complexity index is 694. The molecule has 1 aromatic rings. The van der Waals surface area contributed by atoms with Crippen molar-refractivity contribution in [1.82, 2.24) is 0 Å². The van der Waals surface area contributed by atoms with E-state index in [1.165, 1.54) is 5.56 Å². The second kappa shape index (κ2) is 9.68. The second-order valence-corrected chi connectivity index (χ2v) is 15.8. The van der Waals surface area contributed by atoms with Crippen LogP contribution in [-0.4, -0.2) is 32.7 Å². The molecule has 1 aromatic carbocycles. The monoisotopic (exact) mass is 430 g/mol. The van der Waals surface area contributed by atoms with Crippen LogP contribution in [0.15, 0.2) is 42.5 Å². The van der Waals surface area contributed by atoms with Gasteiger partial charge in [-0.3, -0.25) is 0 Å². The number of fused-ring (bicyclic) bond motifs is 1. The van der Waals surface area contributed by atoms with Gasteiger partial charge in [-0.15, -0.1) is 0 Å². The maximum absolute atomic E-state index is 9.95. The summed E-state index contributed by atoms with van der Waals surface area (Å²) in [6.07, 6.45) is 7.03. The second-order valence-electron chi connectivity index (χ2n) is 11.1. The van der Waals surface area contributed by atoms with E-state index in [2.05, 4.69) is 77.2 Å². The predicted octanol–water partition coefficient (Wildman–Crippen LogP) is 6.05. The van der Waals surface area contributed by atoms with E-state index in [0.717, 1.165) is 19.4 Å². The minimum Gasteiger partial charge on any atom is -0.414 e. The summed E-state index contributed by atoms with van der Waals surface area (Å²) in [5.74, 6) is 2.23. The zero-order valence-electron chi connectivity index (χ0n) is 19.8. The number of rotatable bonds is 7. The lowest BCUT2D eigenvalue weighted by Crippen LogP contribution is -2.53. The first-order valence-corrected chi connectivity index (χ1v) is 14.6. The van der Waals surface area contributed by atoms with Crippen molar-refractivity contribution in [2.45, 2.75) is 71.4 Å². The summed E-state index contributed by atoms with van der Waals surface area (Å²) < 4.78 is 13.3. The summed E-state index contributed by atoms with van der Waals surface area (Å²) in [6.45, 7) is 15.7. The largest absolute Gasteiger partial charge is 0.414 e. The molecule has 3 rings (SSSR count). The molecule has 0 spiro atoms. The van der Waals surface area contributed by atoms with E-state index in [-0.39, 0.29) is 17.7 Å². The zero-order chi connectivity index (χ0) is 21.9. The Morgan fingerprint density at radius 1 is 1.07 bits per heavy atom. The molecule has 0 heterocycles. The molecule has 1 N–H and O–H groups in total. The number of benzene rings is 1. The van der Waals surface area contributed by atoms with Crippen LogP contribution in [0.25, 0.3) is 0 Å². The zero-order valence-corrected chi connectivity index (χ0v) is 20.8. The Hall–Kier alpha value is -0.943. The van der Waals surface area contributed by atoms with E-state index in [0.29, 0.717) is 36.2 Å². The number of aliphatic hydroxyl groups excluding tert-OH is 1. The lowest BCUT2D eigenvalue weighted by molar-refractivity contribution is -0.0539. The Morgan fingerprint density at radius 3 is 2.40 bits per heavy atom. The quantitative estimate of drug-likeness (QED) is 0.423. The van der Waals surface area contributed by atoms with E-state index in [9.17, 15) is 5.11 Å². The molecule has 0 saturated heterocycles. The number of ether oxygens (including phenoxy) is 1. The van der Waals surface area contributed by atoms with Crippen molar-refractivity contribution in [3.05, 3.63) is 48.0 Å². The van der Waals surface area contributed by atoms with E-state index in [1.807, 2.05) is 6.07 Å². The van der Waals surface area contributed by atoms with Crippen LogP contribution in [0.1, 0.15) is 46.1 Å². The van der Waals surface area contributed by atoms with Crippen LogP contribution < -0.4 is 0 Å². The van der Waals surface area contributed by atoms with Crippen LogP contribution in [0.2, 0.25) is 18.1 Å². The van der Waals surface area contributed by atoms with Gasteiger partial charge < -0.3 is 14.3 Å². The van der Waals surface area contributed by atoms with E-state index < -0.39 is 8.32 Å². The predicted molar refractivity (Wildman–Crippen MR) is 127 cm³/mol. The average molecular weight is 431 g/mol. The summed E-state index contributed by atoms with van der Waals surface area (Å²) in [4.78, 5) is 0. The summed E-state index contributed by atoms with van der Waals surface area (Å²) in [6, 6.07) is 10.4. The molecule has 1 fully saturated rings. The van der Waals surface area contributed by atoms with Gasteiger partial charge in [0.15, 0.2) is 8.32 Å². The first kappa shape index (κ1) is 23.7. The minimum absolute atomic E-state index is 0.185. The van der Waals surface area contributed by atoms with Gasteiger partial charge in [0.2, 0.25) is 0 Å². The third-order valence-electron chi connectivity index (χ3n) is 7.86. The van der Waals surface area contributed by atoms with Crippen molar-refractivity contribution in [3.8, 4) is 0 Å². The maximum Gasteiger partial charge on any atom is 0.192 e. The van der Waals surface area contributed by atoms with Crippen molar-refractivity contribution in [1.29, 1.82) is 0 Å². The van der Waals surface area contributed by atoms with Gasteiger partial charge >= 0.3 is 0 Å². The van der Waals surface area contributed by atoms with Crippen LogP contribution in [0, 0.1) is 29.6 Å². The van der Waals surface area contributed by atoms with Crippen LogP contribution >= 0.6 is 0 Å². The number of allylic oxidation sites excluding steroid dienone is 2. The molecule has 3 nitrogen and oxygen atoms in total. The molecule has 0 amide bonds. The highest BCUT2D eigenvalue weighted by Gasteiger charge is 2.48. The fourth-order valence-electron chi connectivity index (χ4n) is 4.99. The summed E-state index contributed by atoms with van der Waals surface area (Å²) >= 11 is 0. The Labute approximate surface area is 185 Å². The Kier molecular flexibility index (Phi) is 7.65. The molecule has 2 aliphatic rings. The summed E-state index contributed by atoms with van der Waals surface area (Å²) in [5.41, 5.74) is 1.23. The molecule has 0 unspecified atom stereocenters. The topological polar surface area (TPSA) is 38.7 Å². The van der Waals surface area contributed by atoms with Crippen LogP contribution in [0.5, 0.6) is 0 Å². The molecule has 0 aromatic heterocycles. The SMILES string of the molecule is C[C@H]1C=C[C@H]2C[C@H](CO)C[C@H](O[Si](C)(C)C(C)(C)C)[C@@H]2[C@H]1COCc1ccccc1. The van der Waals surface area contributed by atoms with E-state index in [4.69, 9.17) is 9.16 Å². The fourth-order valence-corrected chi connectivity index (χ4v) is 6.36. The van der Waals surface area contributed by atoms with Gasteiger partial charge in [-0.25, -0.2) is 0 Å². The Morgan fingerprint density at radius 2 is 1.77 bits per heavy atom. The molecule has 30 heavy (non-hydrogen) atoms.